The maximum atomic E-state index is 14.0. The van der Waals surface area contributed by atoms with Crippen LogP contribution in [0, 0.1) is 17.5 Å². The van der Waals surface area contributed by atoms with Crippen molar-refractivity contribution in [2.75, 3.05) is 5.32 Å². The Labute approximate surface area is 134 Å². The highest BCUT2D eigenvalue weighted by atomic mass is 19.2. The third-order valence-corrected chi connectivity index (χ3v) is 3.36. The Morgan fingerprint density at radius 3 is 2.58 bits per heavy atom. The van der Waals surface area contributed by atoms with Crippen LogP contribution in [0.25, 0.3) is 11.3 Å². The fraction of sp³-hybridized carbons (Fsp3) is 0.0625. The normalized spacial score (nSPS) is 10.7. The molecule has 0 saturated carbocycles. The first-order valence-corrected chi connectivity index (χ1v) is 6.86. The monoisotopic (exact) mass is 332 g/mol. The van der Waals surface area contributed by atoms with Crippen molar-refractivity contribution < 1.29 is 18.0 Å². The lowest BCUT2D eigenvalue weighted by Crippen LogP contribution is -2.16. The molecule has 0 aliphatic carbocycles. The number of pyridine rings is 1. The van der Waals surface area contributed by atoms with Gasteiger partial charge in [-0.15, -0.1) is 0 Å². The molecule has 2 aromatic heterocycles. The Morgan fingerprint density at radius 2 is 1.96 bits per heavy atom. The standard InChI is InChI=1S/C16H11F3N4O/c1-23-13(4-5-21-23)9-6-11(15(19)12(18)7-9)16(24)22-14-3-2-10(17)8-20-14/h2-8H,1H3,(H,20,22,24). The average molecular weight is 332 g/mol. The summed E-state index contributed by atoms with van der Waals surface area (Å²) in [7, 11) is 1.64. The van der Waals surface area contributed by atoms with E-state index < -0.39 is 28.9 Å². The van der Waals surface area contributed by atoms with E-state index in [0.29, 0.717) is 11.3 Å². The molecule has 0 fully saturated rings. The summed E-state index contributed by atoms with van der Waals surface area (Å²) in [5, 5.41) is 6.24. The van der Waals surface area contributed by atoms with Crippen LogP contribution in [0.4, 0.5) is 19.0 Å². The molecule has 24 heavy (non-hydrogen) atoms. The number of amides is 1. The second-order valence-electron chi connectivity index (χ2n) is 4.98. The molecular formula is C16H11F3N4O. The van der Waals surface area contributed by atoms with Gasteiger partial charge in [0.05, 0.1) is 17.5 Å². The average Bonchev–Trinajstić information content (AvgIpc) is 2.98. The largest absolute Gasteiger partial charge is 0.306 e. The molecule has 3 rings (SSSR count). The maximum absolute atomic E-state index is 14.0. The van der Waals surface area contributed by atoms with Gasteiger partial charge in [-0.2, -0.15) is 5.10 Å². The molecule has 1 N–H and O–H groups in total. The fourth-order valence-electron chi connectivity index (χ4n) is 2.19. The van der Waals surface area contributed by atoms with Crippen LogP contribution in [0.1, 0.15) is 10.4 Å². The van der Waals surface area contributed by atoms with Gasteiger partial charge in [-0.3, -0.25) is 9.48 Å². The van der Waals surface area contributed by atoms with Crippen LogP contribution in [-0.2, 0) is 7.05 Å². The van der Waals surface area contributed by atoms with Gasteiger partial charge in [0.2, 0.25) is 0 Å². The summed E-state index contributed by atoms with van der Waals surface area (Å²) in [5.74, 6) is -3.89. The Morgan fingerprint density at radius 1 is 1.17 bits per heavy atom. The predicted molar refractivity (Wildman–Crippen MR) is 80.7 cm³/mol. The highest BCUT2D eigenvalue weighted by Crippen LogP contribution is 2.24. The van der Waals surface area contributed by atoms with Gasteiger partial charge in [-0.05, 0) is 30.3 Å². The summed E-state index contributed by atoms with van der Waals surface area (Å²) in [4.78, 5) is 15.8. The van der Waals surface area contributed by atoms with Crippen molar-refractivity contribution in [3.05, 3.63) is 65.7 Å². The Bertz CT molecular complexity index is 906. The van der Waals surface area contributed by atoms with E-state index in [-0.39, 0.29) is 5.82 Å². The number of aromatic nitrogens is 3. The number of hydrogen-bond acceptors (Lipinski definition) is 3. The zero-order chi connectivity index (χ0) is 17.3. The lowest BCUT2D eigenvalue weighted by atomic mass is 10.1. The van der Waals surface area contributed by atoms with Crippen molar-refractivity contribution in [2.45, 2.75) is 0 Å². The molecule has 122 valence electrons. The molecule has 1 aromatic carbocycles. The summed E-state index contributed by atoms with van der Waals surface area (Å²) in [6.07, 6.45) is 2.40. The first-order valence-electron chi connectivity index (χ1n) is 6.86. The zero-order valence-electron chi connectivity index (χ0n) is 12.4. The number of hydrogen-bond donors (Lipinski definition) is 1. The van der Waals surface area contributed by atoms with Gasteiger partial charge in [0.25, 0.3) is 5.91 Å². The first-order chi connectivity index (χ1) is 11.5. The molecule has 2 heterocycles. The smallest absolute Gasteiger partial charge is 0.259 e. The summed E-state index contributed by atoms with van der Waals surface area (Å²) in [6.45, 7) is 0. The lowest BCUT2D eigenvalue weighted by molar-refractivity contribution is 0.102. The molecule has 0 spiro atoms. The minimum absolute atomic E-state index is 0.0205. The van der Waals surface area contributed by atoms with Gasteiger partial charge in [0.1, 0.15) is 11.6 Å². The van der Waals surface area contributed by atoms with Crippen LogP contribution in [0.3, 0.4) is 0 Å². The molecule has 0 atom stereocenters. The summed E-state index contributed by atoms with van der Waals surface area (Å²) in [5.41, 5.74) is 0.325. The first kappa shape index (κ1) is 15.7. The Balaban J connectivity index is 1.97. The summed E-state index contributed by atoms with van der Waals surface area (Å²) < 4.78 is 42.2. The molecule has 0 aliphatic rings. The number of carbonyl (C=O) groups excluding carboxylic acids is 1. The van der Waals surface area contributed by atoms with Gasteiger partial charge in [0, 0.05) is 18.8 Å². The molecule has 0 saturated heterocycles. The van der Waals surface area contributed by atoms with Crippen molar-refractivity contribution in [3.63, 3.8) is 0 Å². The van der Waals surface area contributed by atoms with E-state index in [1.807, 2.05) is 0 Å². The third kappa shape index (κ3) is 2.98. The van der Waals surface area contributed by atoms with Gasteiger partial charge in [-0.25, -0.2) is 18.2 Å². The number of carbonyl (C=O) groups is 1. The van der Waals surface area contributed by atoms with E-state index in [2.05, 4.69) is 15.4 Å². The number of nitrogens with one attached hydrogen (secondary N) is 1. The quantitative estimate of drug-likeness (QED) is 0.801. The number of halogens is 3. The van der Waals surface area contributed by atoms with E-state index in [4.69, 9.17) is 0 Å². The van der Waals surface area contributed by atoms with Crippen LogP contribution in [0.2, 0.25) is 0 Å². The van der Waals surface area contributed by atoms with Crippen molar-refractivity contribution in [3.8, 4) is 11.3 Å². The maximum Gasteiger partial charge on any atom is 0.259 e. The molecule has 0 unspecified atom stereocenters. The van der Waals surface area contributed by atoms with Crippen LogP contribution in [0.5, 0.6) is 0 Å². The van der Waals surface area contributed by atoms with Crippen molar-refractivity contribution in [1.29, 1.82) is 0 Å². The molecule has 0 bridgehead atoms. The molecule has 5 nitrogen and oxygen atoms in total. The molecular weight excluding hydrogens is 321 g/mol. The highest BCUT2D eigenvalue weighted by Gasteiger charge is 2.19. The van der Waals surface area contributed by atoms with Gasteiger partial charge >= 0.3 is 0 Å². The zero-order valence-corrected chi connectivity index (χ0v) is 12.4. The van der Waals surface area contributed by atoms with E-state index >= 15 is 0 Å². The minimum atomic E-state index is -1.28. The second-order valence-corrected chi connectivity index (χ2v) is 4.98. The predicted octanol–water partition coefficient (Wildman–Crippen LogP) is 3.15. The van der Waals surface area contributed by atoms with Crippen molar-refractivity contribution >= 4 is 11.7 Å². The second kappa shape index (κ2) is 6.15. The molecule has 3 aromatic rings. The highest BCUT2D eigenvalue weighted by molar-refractivity contribution is 6.04. The van der Waals surface area contributed by atoms with Crippen LogP contribution in [0.15, 0.2) is 42.7 Å². The topological polar surface area (TPSA) is 59.8 Å². The number of aryl methyl sites for hydroxylation is 1. The lowest BCUT2D eigenvalue weighted by Gasteiger charge is -2.09. The molecule has 8 heteroatoms. The molecule has 0 aliphatic heterocycles. The van der Waals surface area contributed by atoms with Crippen LogP contribution < -0.4 is 5.32 Å². The molecule has 1 amide bonds. The van der Waals surface area contributed by atoms with Crippen molar-refractivity contribution in [1.82, 2.24) is 14.8 Å². The van der Waals surface area contributed by atoms with E-state index in [1.54, 1.807) is 13.1 Å². The number of nitrogens with zero attached hydrogens (tertiary/aromatic N) is 3. The SMILES string of the molecule is Cn1nccc1-c1cc(F)c(F)c(C(=O)Nc2ccc(F)cn2)c1. The van der Waals surface area contributed by atoms with E-state index in [0.717, 1.165) is 18.3 Å². The van der Waals surface area contributed by atoms with E-state index in [9.17, 15) is 18.0 Å². The molecule has 0 radical (unpaired) electrons. The number of benzene rings is 1. The van der Waals surface area contributed by atoms with Crippen LogP contribution in [-0.4, -0.2) is 20.7 Å². The third-order valence-electron chi connectivity index (χ3n) is 3.36. The van der Waals surface area contributed by atoms with Gasteiger partial charge in [0.15, 0.2) is 11.6 Å². The number of anilines is 1. The Kier molecular flexibility index (Phi) is 4.03. The van der Waals surface area contributed by atoms with Crippen molar-refractivity contribution in [2.24, 2.45) is 7.05 Å². The summed E-state index contributed by atoms with van der Waals surface area (Å²) >= 11 is 0. The minimum Gasteiger partial charge on any atom is -0.306 e. The fourth-order valence-corrected chi connectivity index (χ4v) is 2.19. The van der Waals surface area contributed by atoms with E-state index in [1.165, 1.54) is 23.0 Å². The van der Waals surface area contributed by atoms with Gasteiger partial charge < -0.3 is 5.32 Å². The summed E-state index contributed by atoms with van der Waals surface area (Å²) in [6, 6.07) is 6.11. The van der Waals surface area contributed by atoms with Crippen LogP contribution >= 0.6 is 0 Å². The Hall–Kier alpha value is -3.16. The number of rotatable bonds is 3. The van der Waals surface area contributed by atoms with Gasteiger partial charge in [-0.1, -0.05) is 0 Å².